The lowest BCUT2D eigenvalue weighted by Gasteiger charge is -2.20. The maximum atomic E-state index is 11.3. The van der Waals surface area contributed by atoms with Gasteiger partial charge in [-0.3, -0.25) is 0 Å². The lowest BCUT2D eigenvalue weighted by Crippen LogP contribution is -1.97. The number of para-hydroxylation sites is 1. The minimum absolute atomic E-state index is 0.109. The Morgan fingerprint density at radius 2 is 0.337 bits per heavy atom. The van der Waals surface area contributed by atoms with Crippen LogP contribution in [0.25, 0.3) is 0 Å². The van der Waals surface area contributed by atoms with E-state index in [0.717, 1.165) is 115 Å². The highest BCUT2D eigenvalue weighted by atomic mass is 16.6. The van der Waals surface area contributed by atoms with Crippen LogP contribution in [0.1, 0.15) is 0 Å². The van der Waals surface area contributed by atoms with Crippen LogP contribution in [0.2, 0.25) is 0 Å². The van der Waals surface area contributed by atoms with Gasteiger partial charge in [0.05, 0.1) is 0 Å². The van der Waals surface area contributed by atoms with Gasteiger partial charge in [0, 0.05) is 127 Å². The van der Waals surface area contributed by atoms with Crippen molar-refractivity contribution >= 4 is 0 Å². The number of benzene rings is 11. The van der Waals surface area contributed by atoms with Crippen molar-refractivity contribution in [3.05, 3.63) is 146 Å². The first-order valence-electron chi connectivity index (χ1n) is 27.4. The van der Waals surface area contributed by atoms with E-state index in [9.17, 15) is 112 Å². The van der Waals surface area contributed by atoms with E-state index in [1.807, 2.05) is 0 Å². The summed E-state index contributed by atoms with van der Waals surface area (Å²) in [5.41, 5.74) is 0. The standard InChI is InChI=1S/C66H46O32/c67-25-4-26(68)6-32(5-25)89-33-17-48(85)60(49(86)18-33)97-65-42(79)10-27(69)12-52(65)90-34-19-44(81)58(45(82)20-34)93-54-14-29(71)8-40(77)63(54)96-55-15-30(72)9-41(78)64(55)95-53-13-28(70)7-39(76)62(53)92-36-23-50(87)61(51(88)24-36)98-66-43(80)11-31(73)16-56(66)94-59-46(83)21-35(22-47(59)84)91-57-37(74)2-1-3-38(57)75/h1-24,67-88H. The van der Waals surface area contributed by atoms with Crippen molar-refractivity contribution in [3.63, 3.8) is 0 Å². The lowest BCUT2D eigenvalue weighted by atomic mass is 10.2. The number of phenols is 22. The number of rotatable bonds is 20. The fourth-order valence-corrected chi connectivity index (χ4v) is 9.09. The molecule has 0 bridgehead atoms. The van der Waals surface area contributed by atoms with Crippen LogP contribution < -0.4 is 47.4 Å². The van der Waals surface area contributed by atoms with Gasteiger partial charge >= 0.3 is 0 Å². The molecule has 98 heavy (non-hydrogen) atoms. The maximum absolute atomic E-state index is 11.3. The first-order valence-corrected chi connectivity index (χ1v) is 27.4. The first-order chi connectivity index (χ1) is 46.5. The SMILES string of the molecule is Oc1cc(O)cc(Oc2cc(O)c(Oc3c(O)cc(O)cc3Oc3cc(O)c(Oc4cc(O)cc(O)c4Oc4cc(O)cc(O)c4Oc4cc(O)cc(O)c4Oc4cc(O)c(Oc5c(O)cc(O)cc5Oc5c(O)cc(Oc6c(O)cccc6O)cc5O)c(O)c4)c(O)c3)c(O)c2)c1. The number of hydrogen-bond acceptors (Lipinski definition) is 32. The quantitative estimate of drug-likeness (QED) is 0.0337. The van der Waals surface area contributed by atoms with Crippen LogP contribution in [0.15, 0.2) is 146 Å². The highest BCUT2D eigenvalue weighted by molar-refractivity contribution is 5.70. The van der Waals surface area contributed by atoms with E-state index in [4.69, 9.17) is 47.4 Å². The molecule has 0 aliphatic heterocycles. The van der Waals surface area contributed by atoms with Crippen molar-refractivity contribution in [1.29, 1.82) is 0 Å². The monoisotopic (exact) mass is 1350 g/mol. The predicted octanol–water partition coefficient (Wildman–Crippen LogP) is 13.1. The molecular formula is C66H46O32. The van der Waals surface area contributed by atoms with Gasteiger partial charge in [-0.25, -0.2) is 0 Å². The van der Waals surface area contributed by atoms with Crippen LogP contribution in [0.5, 0.6) is 241 Å². The van der Waals surface area contributed by atoms with Gasteiger partial charge in [0.2, 0.25) is 57.5 Å². The minimum Gasteiger partial charge on any atom is -0.508 e. The molecule has 0 aliphatic rings. The van der Waals surface area contributed by atoms with Crippen molar-refractivity contribution in [3.8, 4) is 241 Å². The minimum atomic E-state index is -0.993. The zero-order valence-corrected chi connectivity index (χ0v) is 48.8. The number of hydrogen-bond donors (Lipinski definition) is 22. The Labute approximate surface area is 545 Å². The van der Waals surface area contributed by atoms with Gasteiger partial charge in [-0.15, -0.1) is 0 Å². The van der Waals surface area contributed by atoms with Gasteiger partial charge in [0.25, 0.3) is 0 Å². The molecule has 11 aromatic rings. The van der Waals surface area contributed by atoms with Crippen LogP contribution in [0.4, 0.5) is 0 Å². The maximum Gasteiger partial charge on any atom is 0.212 e. The number of aromatic hydroxyl groups is 22. The Morgan fingerprint density at radius 3 is 0.653 bits per heavy atom. The molecule has 0 saturated carbocycles. The largest absolute Gasteiger partial charge is 0.508 e. The molecule has 0 aromatic heterocycles. The highest BCUT2D eigenvalue weighted by Crippen LogP contribution is 2.58. The molecule has 11 rings (SSSR count). The molecule has 0 saturated heterocycles. The summed E-state index contributed by atoms with van der Waals surface area (Å²) < 4.78 is 56.9. The molecule has 0 fully saturated rings. The van der Waals surface area contributed by atoms with Gasteiger partial charge < -0.3 is 160 Å². The third-order valence-corrected chi connectivity index (χ3v) is 13.2. The summed E-state index contributed by atoms with van der Waals surface area (Å²) in [4.78, 5) is 0. The smallest absolute Gasteiger partial charge is 0.212 e. The molecule has 502 valence electrons. The second-order valence-electron chi connectivity index (χ2n) is 20.5. The van der Waals surface area contributed by atoms with Crippen LogP contribution in [0, 0.1) is 0 Å². The molecule has 0 aliphatic carbocycles. The average molecular weight is 1350 g/mol. The Kier molecular flexibility index (Phi) is 16.9. The summed E-state index contributed by atoms with van der Waals surface area (Å²) in [7, 11) is 0. The summed E-state index contributed by atoms with van der Waals surface area (Å²) >= 11 is 0. The van der Waals surface area contributed by atoms with Crippen molar-refractivity contribution in [1.82, 2.24) is 0 Å². The van der Waals surface area contributed by atoms with Crippen LogP contribution in [0.3, 0.4) is 0 Å². The molecule has 0 amide bonds. The average Bonchev–Trinajstić information content (AvgIpc) is 0.800. The van der Waals surface area contributed by atoms with Crippen molar-refractivity contribution in [2.75, 3.05) is 0 Å². The van der Waals surface area contributed by atoms with E-state index in [0.29, 0.717) is 12.1 Å². The number of ether oxygens (including phenoxy) is 10. The van der Waals surface area contributed by atoms with Crippen molar-refractivity contribution < 1.29 is 160 Å². The van der Waals surface area contributed by atoms with E-state index in [1.54, 1.807) is 0 Å². The predicted molar refractivity (Wildman–Crippen MR) is 328 cm³/mol. The summed E-state index contributed by atoms with van der Waals surface area (Å²) in [5, 5.41) is 237. The molecular weight excluding hydrogens is 1300 g/mol. The third kappa shape index (κ3) is 13.6. The molecule has 0 unspecified atom stereocenters. The van der Waals surface area contributed by atoms with Crippen molar-refractivity contribution in [2.45, 2.75) is 0 Å². The summed E-state index contributed by atoms with van der Waals surface area (Å²) in [6.07, 6.45) is 0. The third-order valence-electron chi connectivity index (χ3n) is 13.2. The van der Waals surface area contributed by atoms with E-state index in [1.165, 1.54) is 18.2 Å². The molecule has 11 aromatic carbocycles. The Morgan fingerprint density at radius 1 is 0.143 bits per heavy atom. The van der Waals surface area contributed by atoms with Crippen LogP contribution >= 0.6 is 0 Å². The van der Waals surface area contributed by atoms with Crippen LogP contribution in [-0.4, -0.2) is 112 Å². The molecule has 0 radical (unpaired) electrons. The fraction of sp³-hybridized carbons (Fsp3) is 0. The molecule has 32 nitrogen and oxygen atoms in total. The molecule has 22 N–H and O–H groups in total. The van der Waals surface area contributed by atoms with E-state index in [-0.39, 0.29) is 28.7 Å². The fourth-order valence-electron chi connectivity index (χ4n) is 9.09. The molecule has 0 atom stereocenters. The molecule has 32 heteroatoms. The Hall–Kier alpha value is -15.0. The Balaban J connectivity index is 0.833. The first kappa shape index (κ1) is 64.5. The van der Waals surface area contributed by atoms with Gasteiger partial charge in [-0.1, -0.05) is 6.07 Å². The highest BCUT2D eigenvalue weighted by Gasteiger charge is 2.29. The molecule has 0 spiro atoms. The number of phenolic OH excluding ortho intramolecular Hbond substituents is 22. The summed E-state index contributed by atoms with van der Waals surface area (Å²) in [6.45, 7) is 0. The topological polar surface area (TPSA) is 537 Å². The lowest BCUT2D eigenvalue weighted by molar-refractivity contribution is 0.324. The van der Waals surface area contributed by atoms with Crippen LogP contribution in [-0.2, 0) is 0 Å². The summed E-state index contributed by atoms with van der Waals surface area (Å²) in [6, 6.07) is 21.4. The zero-order chi connectivity index (χ0) is 70.3. The summed E-state index contributed by atoms with van der Waals surface area (Å²) in [5.74, 6) is -29.9. The molecule has 0 heterocycles. The van der Waals surface area contributed by atoms with Gasteiger partial charge in [-0.2, -0.15) is 0 Å². The Bertz CT molecular complexity index is 4860. The second kappa shape index (κ2) is 25.6. The van der Waals surface area contributed by atoms with E-state index >= 15 is 0 Å². The van der Waals surface area contributed by atoms with Gasteiger partial charge in [0.15, 0.2) is 115 Å². The second-order valence-corrected chi connectivity index (χ2v) is 20.5. The van der Waals surface area contributed by atoms with E-state index < -0.39 is 213 Å². The van der Waals surface area contributed by atoms with E-state index in [2.05, 4.69) is 0 Å². The van der Waals surface area contributed by atoms with Gasteiger partial charge in [0.1, 0.15) is 69.0 Å². The normalized spacial score (nSPS) is 10.9. The zero-order valence-electron chi connectivity index (χ0n) is 48.8. The van der Waals surface area contributed by atoms with Gasteiger partial charge in [-0.05, 0) is 12.1 Å². The van der Waals surface area contributed by atoms with Crippen molar-refractivity contribution in [2.24, 2.45) is 0 Å².